The molecule has 18 heavy (non-hydrogen) atoms. The number of aryl methyl sites for hydroxylation is 1. The first-order valence-electron chi connectivity index (χ1n) is 5.21. The average molecular weight is 268 g/mol. The van der Waals surface area contributed by atoms with Crippen molar-refractivity contribution in [3.05, 3.63) is 51.7 Å². The van der Waals surface area contributed by atoms with Crippen molar-refractivity contribution in [2.24, 2.45) is 0 Å². The molecule has 0 spiro atoms. The fraction of sp³-hybridized carbons (Fsp3) is 0.154. The zero-order valence-electron chi connectivity index (χ0n) is 9.52. The maximum atomic E-state index is 12.1. The predicted octanol–water partition coefficient (Wildman–Crippen LogP) is 3.89. The minimum absolute atomic E-state index is 0.0104. The molecule has 94 valence electrons. The van der Waals surface area contributed by atoms with E-state index >= 15 is 0 Å². The Hall–Kier alpha value is -1.75. The van der Waals surface area contributed by atoms with E-state index in [0.717, 1.165) is 4.88 Å². The lowest BCUT2D eigenvalue weighted by Gasteiger charge is -2.06. The van der Waals surface area contributed by atoms with Crippen LogP contribution in [-0.4, -0.2) is 12.4 Å². The third-order valence-corrected chi connectivity index (χ3v) is 3.27. The van der Waals surface area contributed by atoms with E-state index in [1.807, 2.05) is 12.3 Å². The van der Waals surface area contributed by atoms with Crippen molar-refractivity contribution in [3.63, 3.8) is 0 Å². The number of ketones is 1. The summed E-state index contributed by atoms with van der Waals surface area (Å²) in [6.07, 6.45) is 0. The van der Waals surface area contributed by atoms with E-state index in [9.17, 15) is 13.6 Å². The molecule has 0 radical (unpaired) electrons. The van der Waals surface area contributed by atoms with Gasteiger partial charge in [0, 0.05) is 16.0 Å². The van der Waals surface area contributed by atoms with Gasteiger partial charge < -0.3 is 4.74 Å². The Morgan fingerprint density at radius 3 is 2.72 bits per heavy atom. The standard InChI is InChI=1S/C13H10F2O2S/c1-8-11(5-6-18-8)12(16)9-3-2-4-10(7-9)17-13(14)15/h2-7,13H,1H3. The summed E-state index contributed by atoms with van der Waals surface area (Å²) in [5.41, 5.74) is 0.934. The third-order valence-electron chi connectivity index (χ3n) is 2.42. The second-order valence-corrected chi connectivity index (χ2v) is 4.75. The molecular formula is C13H10F2O2S. The van der Waals surface area contributed by atoms with Crippen molar-refractivity contribution < 1.29 is 18.3 Å². The minimum atomic E-state index is -2.89. The van der Waals surface area contributed by atoms with Gasteiger partial charge in [-0.3, -0.25) is 4.79 Å². The summed E-state index contributed by atoms with van der Waals surface area (Å²) in [6.45, 7) is -1.05. The van der Waals surface area contributed by atoms with Gasteiger partial charge in [-0.05, 0) is 30.5 Å². The Kier molecular flexibility index (Phi) is 3.72. The topological polar surface area (TPSA) is 26.3 Å². The molecule has 0 atom stereocenters. The molecular weight excluding hydrogens is 258 g/mol. The summed E-state index contributed by atoms with van der Waals surface area (Å²) < 4.78 is 28.4. The molecule has 1 aromatic heterocycles. The molecule has 0 aliphatic carbocycles. The van der Waals surface area contributed by atoms with E-state index in [1.54, 1.807) is 12.1 Å². The molecule has 5 heteroatoms. The van der Waals surface area contributed by atoms with Crippen molar-refractivity contribution in [1.29, 1.82) is 0 Å². The lowest BCUT2D eigenvalue weighted by atomic mass is 10.0. The molecule has 0 N–H and O–H groups in total. The summed E-state index contributed by atoms with van der Waals surface area (Å²) in [4.78, 5) is 13.0. The fourth-order valence-corrected chi connectivity index (χ4v) is 2.29. The zero-order valence-corrected chi connectivity index (χ0v) is 10.3. The average Bonchev–Trinajstić information content (AvgIpc) is 2.74. The van der Waals surface area contributed by atoms with Gasteiger partial charge in [-0.15, -0.1) is 11.3 Å². The zero-order chi connectivity index (χ0) is 13.1. The van der Waals surface area contributed by atoms with Crippen LogP contribution in [0, 0.1) is 6.92 Å². The molecule has 0 fully saturated rings. The van der Waals surface area contributed by atoms with Crippen LogP contribution in [0.2, 0.25) is 0 Å². The van der Waals surface area contributed by atoms with Crippen molar-refractivity contribution in [2.75, 3.05) is 0 Å². The van der Waals surface area contributed by atoms with Crippen molar-refractivity contribution in [3.8, 4) is 5.75 Å². The van der Waals surface area contributed by atoms with Gasteiger partial charge in [0.05, 0.1) is 0 Å². The molecule has 0 unspecified atom stereocenters. The number of ether oxygens (including phenoxy) is 1. The van der Waals surface area contributed by atoms with Crippen LogP contribution in [0.1, 0.15) is 20.8 Å². The number of benzene rings is 1. The summed E-state index contributed by atoms with van der Waals surface area (Å²) in [6, 6.07) is 7.54. The fourth-order valence-electron chi connectivity index (χ4n) is 1.59. The van der Waals surface area contributed by atoms with Crippen LogP contribution in [0.5, 0.6) is 5.75 Å². The van der Waals surface area contributed by atoms with Gasteiger partial charge >= 0.3 is 6.61 Å². The smallest absolute Gasteiger partial charge is 0.387 e. The Balaban J connectivity index is 2.29. The highest BCUT2D eigenvalue weighted by atomic mass is 32.1. The van der Waals surface area contributed by atoms with Crippen molar-refractivity contribution in [1.82, 2.24) is 0 Å². The van der Waals surface area contributed by atoms with Crippen LogP contribution in [0.25, 0.3) is 0 Å². The van der Waals surface area contributed by atoms with E-state index in [1.165, 1.54) is 29.5 Å². The molecule has 2 rings (SSSR count). The number of carbonyl (C=O) groups excluding carboxylic acids is 1. The van der Waals surface area contributed by atoms with E-state index in [4.69, 9.17) is 0 Å². The minimum Gasteiger partial charge on any atom is -0.435 e. The molecule has 0 saturated carbocycles. The number of alkyl halides is 2. The van der Waals surface area contributed by atoms with Crippen LogP contribution < -0.4 is 4.74 Å². The summed E-state index contributed by atoms with van der Waals surface area (Å²) in [5.74, 6) is -0.197. The van der Waals surface area contributed by atoms with Gasteiger partial charge in [0.2, 0.25) is 0 Å². The van der Waals surface area contributed by atoms with Crippen LogP contribution >= 0.6 is 11.3 Å². The number of hydrogen-bond acceptors (Lipinski definition) is 3. The van der Waals surface area contributed by atoms with Gasteiger partial charge in [-0.1, -0.05) is 12.1 Å². The molecule has 0 bridgehead atoms. The quantitative estimate of drug-likeness (QED) is 0.786. The number of rotatable bonds is 4. The largest absolute Gasteiger partial charge is 0.435 e. The first kappa shape index (κ1) is 12.7. The SMILES string of the molecule is Cc1sccc1C(=O)c1cccc(OC(F)F)c1. The maximum absolute atomic E-state index is 12.1. The van der Waals surface area contributed by atoms with E-state index in [0.29, 0.717) is 11.1 Å². The Labute approximate surface area is 107 Å². The highest BCUT2D eigenvalue weighted by Crippen LogP contribution is 2.22. The third kappa shape index (κ3) is 2.73. The summed E-state index contributed by atoms with van der Waals surface area (Å²) >= 11 is 1.47. The number of carbonyl (C=O) groups is 1. The molecule has 0 aliphatic rings. The van der Waals surface area contributed by atoms with Gasteiger partial charge in [0.1, 0.15) is 5.75 Å². The molecule has 2 aromatic rings. The molecule has 2 nitrogen and oxygen atoms in total. The summed E-state index contributed by atoms with van der Waals surface area (Å²) in [7, 11) is 0. The molecule has 0 aliphatic heterocycles. The van der Waals surface area contributed by atoms with Gasteiger partial charge in [0.25, 0.3) is 0 Å². The summed E-state index contributed by atoms with van der Waals surface area (Å²) in [5, 5.41) is 1.82. The maximum Gasteiger partial charge on any atom is 0.387 e. The lowest BCUT2D eigenvalue weighted by molar-refractivity contribution is -0.0498. The van der Waals surface area contributed by atoms with E-state index in [2.05, 4.69) is 4.74 Å². The Bertz CT molecular complexity index is 564. The number of halogens is 2. The van der Waals surface area contributed by atoms with Crippen LogP contribution in [0.3, 0.4) is 0 Å². The molecule has 1 aromatic carbocycles. The van der Waals surface area contributed by atoms with Crippen molar-refractivity contribution >= 4 is 17.1 Å². The second kappa shape index (κ2) is 5.27. The number of hydrogen-bond donors (Lipinski definition) is 0. The van der Waals surface area contributed by atoms with Crippen LogP contribution in [0.4, 0.5) is 8.78 Å². The first-order chi connectivity index (χ1) is 8.58. The second-order valence-electron chi connectivity index (χ2n) is 3.63. The van der Waals surface area contributed by atoms with E-state index < -0.39 is 6.61 Å². The lowest BCUT2D eigenvalue weighted by Crippen LogP contribution is -2.05. The van der Waals surface area contributed by atoms with Crippen molar-refractivity contribution in [2.45, 2.75) is 13.5 Å². The van der Waals surface area contributed by atoms with Crippen LogP contribution in [0.15, 0.2) is 35.7 Å². The highest BCUT2D eigenvalue weighted by Gasteiger charge is 2.14. The predicted molar refractivity (Wildman–Crippen MR) is 65.6 cm³/mol. The Morgan fingerprint density at radius 2 is 2.11 bits per heavy atom. The highest BCUT2D eigenvalue weighted by molar-refractivity contribution is 7.10. The number of thiophene rings is 1. The van der Waals surface area contributed by atoms with Gasteiger partial charge in [-0.25, -0.2) is 0 Å². The van der Waals surface area contributed by atoms with E-state index in [-0.39, 0.29) is 11.5 Å². The van der Waals surface area contributed by atoms with Gasteiger partial charge in [0.15, 0.2) is 5.78 Å². The normalized spacial score (nSPS) is 10.7. The van der Waals surface area contributed by atoms with Crippen LogP contribution in [-0.2, 0) is 0 Å². The molecule has 1 heterocycles. The molecule has 0 saturated heterocycles. The monoisotopic (exact) mass is 268 g/mol. The Morgan fingerprint density at radius 1 is 1.33 bits per heavy atom. The first-order valence-corrected chi connectivity index (χ1v) is 6.09. The van der Waals surface area contributed by atoms with Gasteiger partial charge in [-0.2, -0.15) is 8.78 Å². The molecule has 0 amide bonds.